The fourth-order valence-electron chi connectivity index (χ4n) is 4.25. The normalized spacial score (nSPS) is 14.2. The van der Waals surface area contributed by atoms with Crippen molar-refractivity contribution in [3.63, 3.8) is 0 Å². The van der Waals surface area contributed by atoms with Gasteiger partial charge < -0.3 is 23.1 Å². The number of amides is 1. The topological polar surface area (TPSA) is 63.0 Å². The Morgan fingerprint density at radius 3 is 2.62 bits per heavy atom. The molecule has 3 aromatic heterocycles. The number of rotatable bonds is 6. The first-order valence-electron chi connectivity index (χ1n) is 10.9. The molecular formula is C25H25BrN2O4. The number of aryl methyl sites for hydroxylation is 1. The van der Waals surface area contributed by atoms with E-state index in [0.717, 1.165) is 40.2 Å². The summed E-state index contributed by atoms with van der Waals surface area (Å²) >= 11 is 3.50. The summed E-state index contributed by atoms with van der Waals surface area (Å²) < 4.78 is 18.6. The van der Waals surface area contributed by atoms with Crippen LogP contribution < -0.4 is 4.90 Å². The second-order valence-electron chi connectivity index (χ2n) is 8.22. The Morgan fingerprint density at radius 1 is 1.03 bits per heavy atom. The molecule has 0 bridgehead atoms. The van der Waals surface area contributed by atoms with Crippen molar-refractivity contribution in [1.82, 2.24) is 4.90 Å². The number of hydrogen-bond donors (Lipinski definition) is 0. The van der Waals surface area contributed by atoms with Crippen LogP contribution in [0.3, 0.4) is 0 Å². The second-order valence-corrected chi connectivity index (χ2v) is 9.14. The average molecular weight is 497 g/mol. The van der Waals surface area contributed by atoms with Crippen molar-refractivity contribution in [1.29, 1.82) is 0 Å². The Kier molecular flexibility index (Phi) is 5.83. The number of carbonyl (C=O) groups excluding carboxylic acids is 1. The third-order valence-corrected chi connectivity index (χ3v) is 6.46. The molecule has 0 atom stereocenters. The highest BCUT2D eigenvalue weighted by Crippen LogP contribution is 2.30. The summed E-state index contributed by atoms with van der Waals surface area (Å²) in [5, 5.41) is 0.922. The second kappa shape index (κ2) is 8.90. The van der Waals surface area contributed by atoms with Crippen molar-refractivity contribution in [2.75, 3.05) is 18.0 Å². The Hall–Kier alpha value is -2.93. The van der Waals surface area contributed by atoms with Crippen LogP contribution in [0.15, 0.2) is 66.5 Å². The fourth-order valence-corrected chi connectivity index (χ4v) is 4.62. The molecule has 1 fully saturated rings. The van der Waals surface area contributed by atoms with Crippen LogP contribution in [0.5, 0.6) is 0 Å². The fraction of sp³-hybridized carbons (Fsp3) is 0.320. The molecule has 1 aliphatic heterocycles. The molecule has 4 heterocycles. The third-order valence-electron chi connectivity index (χ3n) is 5.97. The van der Waals surface area contributed by atoms with Gasteiger partial charge in [0.25, 0.3) is 5.91 Å². The lowest BCUT2D eigenvalue weighted by Gasteiger charge is -2.26. The van der Waals surface area contributed by atoms with Crippen LogP contribution in [-0.4, -0.2) is 23.9 Å². The first-order valence-corrected chi connectivity index (χ1v) is 11.7. The van der Waals surface area contributed by atoms with Gasteiger partial charge in [0.05, 0.1) is 19.4 Å². The van der Waals surface area contributed by atoms with Gasteiger partial charge in [0, 0.05) is 34.6 Å². The van der Waals surface area contributed by atoms with Gasteiger partial charge in [-0.25, -0.2) is 0 Å². The van der Waals surface area contributed by atoms with Crippen molar-refractivity contribution in [2.45, 2.75) is 39.3 Å². The standard InChI is InChI=1S/C25H25BrN2O4/c1-17-21-14-18(26)7-9-22(21)32-24(17)25(29)28(15-19-6-5-13-30-19)16-20-8-10-23(31-20)27-11-3-2-4-12-27/h5-10,13-14H,2-4,11-12,15-16H2,1H3. The van der Waals surface area contributed by atoms with Crippen LogP contribution in [0.25, 0.3) is 11.0 Å². The minimum atomic E-state index is -0.192. The van der Waals surface area contributed by atoms with Crippen LogP contribution in [0.1, 0.15) is 46.9 Å². The molecule has 0 aliphatic carbocycles. The molecule has 4 aromatic rings. The molecule has 5 rings (SSSR count). The number of piperidine rings is 1. The molecule has 1 aliphatic rings. The van der Waals surface area contributed by atoms with E-state index in [9.17, 15) is 4.79 Å². The minimum absolute atomic E-state index is 0.192. The molecule has 0 spiro atoms. The molecule has 32 heavy (non-hydrogen) atoms. The van der Waals surface area contributed by atoms with Crippen molar-refractivity contribution in [3.05, 3.63) is 76.0 Å². The van der Waals surface area contributed by atoms with Crippen LogP contribution in [-0.2, 0) is 13.1 Å². The Labute approximate surface area is 194 Å². The lowest BCUT2D eigenvalue weighted by Crippen LogP contribution is -2.30. The summed E-state index contributed by atoms with van der Waals surface area (Å²) in [6.07, 6.45) is 5.24. The van der Waals surface area contributed by atoms with E-state index < -0.39 is 0 Å². The number of furan rings is 3. The van der Waals surface area contributed by atoms with E-state index in [1.54, 1.807) is 11.2 Å². The van der Waals surface area contributed by atoms with E-state index in [1.807, 2.05) is 49.4 Å². The van der Waals surface area contributed by atoms with E-state index >= 15 is 0 Å². The van der Waals surface area contributed by atoms with Gasteiger partial charge in [-0.05, 0) is 62.6 Å². The van der Waals surface area contributed by atoms with Gasteiger partial charge in [-0.15, -0.1) is 0 Å². The molecule has 6 nitrogen and oxygen atoms in total. The maximum absolute atomic E-state index is 13.6. The van der Waals surface area contributed by atoms with E-state index in [1.165, 1.54) is 19.3 Å². The molecule has 0 unspecified atom stereocenters. The predicted octanol–water partition coefficient (Wildman–Crippen LogP) is 6.52. The quantitative estimate of drug-likeness (QED) is 0.303. The zero-order valence-electron chi connectivity index (χ0n) is 18.0. The van der Waals surface area contributed by atoms with Crippen LogP contribution in [0.4, 0.5) is 5.88 Å². The monoisotopic (exact) mass is 496 g/mol. The number of halogens is 1. The lowest BCUT2D eigenvalue weighted by molar-refractivity contribution is 0.0674. The number of fused-ring (bicyclic) bond motifs is 1. The SMILES string of the molecule is Cc1c(C(=O)N(Cc2ccco2)Cc2ccc(N3CCCCC3)o2)oc2ccc(Br)cc12. The number of anilines is 1. The van der Waals surface area contributed by atoms with Gasteiger partial charge >= 0.3 is 0 Å². The minimum Gasteiger partial charge on any atom is -0.467 e. The summed E-state index contributed by atoms with van der Waals surface area (Å²) in [4.78, 5) is 17.6. The van der Waals surface area contributed by atoms with E-state index in [0.29, 0.717) is 30.2 Å². The first kappa shape index (κ1) is 20.9. The third kappa shape index (κ3) is 4.21. The molecule has 1 amide bonds. The van der Waals surface area contributed by atoms with Crippen molar-refractivity contribution < 1.29 is 18.0 Å². The van der Waals surface area contributed by atoms with Gasteiger partial charge in [0.15, 0.2) is 11.6 Å². The Morgan fingerprint density at radius 2 is 1.84 bits per heavy atom. The molecule has 0 radical (unpaired) electrons. The highest BCUT2D eigenvalue weighted by molar-refractivity contribution is 9.10. The zero-order valence-corrected chi connectivity index (χ0v) is 19.6. The summed E-state index contributed by atoms with van der Waals surface area (Å²) in [5.41, 5.74) is 1.52. The molecular weight excluding hydrogens is 472 g/mol. The highest BCUT2D eigenvalue weighted by Gasteiger charge is 2.26. The maximum Gasteiger partial charge on any atom is 0.290 e. The van der Waals surface area contributed by atoms with Crippen LogP contribution >= 0.6 is 15.9 Å². The molecule has 0 N–H and O–H groups in total. The van der Waals surface area contributed by atoms with Crippen LogP contribution in [0, 0.1) is 6.92 Å². The lowest BCUT2D eigenvalue weighted by atomic mass is 10.1. The van der Waals surface area contributed by atoms with E-state index in [4.69, 9.17) is 13.3 Å². The van der Waals surface area contributed by atoms with E-state index in [2.05, 4.69) is 20.8 Å². The van der Waals surface area contributed by atoms with Gasteiger partial charge in [-0.2, -0.15) is 0 Å². The first-order chi connectivity index (χ1) is 15.6. The number of benzene rings is 1. The highest BCUT2D eigenvalue weighted by atomic mass is 79.9. The smallest absolute Gasteiger partial charge is 0.290 e. The molecule has 7 heteroatoms. The predicted molar refractivity (Wildman–Crippen MR) is 126 cm³/mol. The van der Waals surface area contributed by atoms with Crippen molar-refractivity contribution in [2.24, 2.45) is 0 Å². The van der Waals surface area contributed by atoms with Gasteiger partial charge in [0.1, 0.15) is 17.1 Å². The van der Waals surface area contributed by atoms with Gasteiger partial charge in [-0.1, -0.05) is 15.9 Å². The van der Waals surface area contributed by atoms with Crippen molar-refractivity contribution in [3.8, 4) is 0 Å². The zero-order chi connectivity index (χ0) is 22.1. The van der Waals surface area contributed by atoms with Gasteiger partial charge in [0.2, 0.25) is 0 Å². The Bertz CT molecular complexity index is 1220. The maximum atomic E-state index is 13.6. The summed E-state index contributed by atoms with van der Waals surface area (Å²) in [5.74, 6) is 2.46. The van der Waals surface area contributed by atoms with Crippen molar-refractivity contribution >= 4 is 38.7 Å². The molecule has 0 saturated carbocycles. The largest absolute Gasteiger partial charge is 0.467 e. The summed E-state index contributed by atoms with van der Waals surface area (Å²) in [7, 11) is 0. The molecule has 166 valence electrons. The number of carbonyl (C=O) groups is 1. The molecule has 1 aromatic carbocycles. The summed E-state index contributed by atoms with van der Waals surface area (Å²) in [6, 6.07) is 13.4. The Balaban J connectivity index is 1.43. The molecule has 1 saturated heterocycles. The van der Waals surface area contributed by atoms with Gasteiger partial charge in [-0.3, -0.25) is 4.79 Å². The summed E-state index contributed by atoms with van der Waals surface area (Å²) in [6.45, 7) is 4.59. The van der Waals surface area contributed by atoms with Crippen LogP contribution in [0.2, 0.25) is 0 Å². The average Bonchev–Trinajstić information content (AvgIpc) is 3.55. The van der Waals surface area contributed by atoms with E-state index in [-0.39, 0.29) is 5.91 Å². The number of nitrogens with zero attached hydrogens (tertiary/aromatic N) is 2. The number of hydrogen-bond acceptors (Lipinski definition) is 5.